The first kappa shape index (κ1) is 19.0. The molecule has 0 fully saturated rings. The van der Waals surface area contributed by atoms with Gasteiger partial charge in [0.1, 0.15) is 11.6 Å². The summed E-state index contributed by atoms with van der Waals surface area (Å²) in [5.41, 5.74) is 1.91. The maximum absolute atomic E-state index is 11.1. The Labute approximate surface area is 172 Å². The predicted octanol–water partition coefficient (Wildman–Crippen LogP) is 4.20. The van der Waals surface area contributed by atoms with Crippen molar-refractivity contribution in [3.8, 4) is 11.4 Å². The first-order valence-electron chi connectivity index (χ1n) is 9.06. The molecule has 4 aromatic rings. The number of hydrogen-bond acceptors (Lipinski definition) is 5. The number of aromatic nitrogens is 3. The zero-order valence-corrected chi connectivity index (χ0v) is 16.6. The second kappa shape index (κ2) is 8.36. The van der Waals surface area contributed by atoms with Gasteiger partial charge in [-0.15, -0.1) is 10.2 Å². The summed E-state index contributed by atoms with van der Waals surface area (Å²) >= 11 is 1.14. The number of hydrogen-bond donors (Lipinski definition) is 1. The van der Waals surface area contributed by atoms with Gasteiger partial charge in [-0.1, -0.05) is 66.4 Å². The molecule has 0 saturated heterocycles. The smallest absolute Gasteiger partial charge is 0.313 e. The minimum atomic E-state index is -0.903. The van der Waals surface area contributed by atoms with Crippen LogP contribution in [-0.4, -0.2) is 38.7 Å². The Balaban J connectivity index is 1.82. The van der Waals surface area contributed by atoms with Crippen LogP contribution in [0.2, 0.25) is 0 Å². The fourth-order valence-corrected chi connectivity index (χ4v) is 3.99. The molecule has 0 bridgehead atoms. The van der Waals surface area contributed by atoms with E-state index in [1.165, 1.54) is 0 Å². The van der Waals surface area contributed by atoms with Crippen LogP contribution < -0.4 is 4.74 Å². The molecule has 0 amide bonds. The Hall–Kier alpha value is -3.32. The summed E-state index contributed by atoms with van der Waals surface area (Å²) in [6.07, 6.45) is 0.556. The number of fused-ring (bicyclic) bond motifs is 1. The standard InChI is InChI=1S/C22H19N3O3S/c1-28-19-12-5-4-11-18(19)25-20(23-24-22(25)29-14-21(26)27)13-16-9-6-8-15-7-2-3-10-17(15)16/h2-12H,13-14H2,1H3,(H,26,27). The zero-order chi connectivity index (χ0) is 20.2. The Kier molecular flexibility index (Phi) is 5.48. The number of ether oxygens (including phenoxy) is 1. The number of rotatable bonds is 7. The first-order chi connectivity index (χ1) is 14.2. The van der Waals surface area contributed by atoms with E-state index in [2.05, 4.69) is 34.5 Å². The SMILES string of the molecule is COc1ccccc1-n1c(Cc2cccc3ccccc23)nnc1SCC(=O)O. The van der Waals surface area contributed by atoms with Crippen LogP contribution >= 0.6 is 11.8 Å². The molecule has 0 atom stereocenters. The molecule has 3 aromatic carbocycles. The first-order valence-corrected chi connectivity index (χ1v) is 10.0. The molecule has 1 aromatic heterocycles. The summed E-state index contributed by atoms with van der Waals surface area (Å²) in [5, 5.41) is 20.6. The monoisotopic (exact) mass is 405 g/mol. The van der Waals surface area contributed by atoms with Gasteiger partial charge in [0.2, 0.25) is 0 Å². The van der Waals surface area contributed by atoms with E-state index in [9.17, 15) is 4.79 Å². The lowest BCUT2D eigenvalue weighted by atomic mass is 10.0. The van der Waals surface area contributed by atoms with Gasteiger partial charge >= 0.3 is 5.97 Å². The van der Waals surface area contributed by atoms with E-state index >= 15 is 0 Å². The quantitative estimate of drug-likeness (QED) is 0.465. The molecule has 6 nitrogen and oxygen atoms in total. The number of carbonyl (C=O) groups is 1. The van der Waals surface area contributed by atoms with Crippen LogP contribution in [0.3, 0.4) is 0 Å². The summed E-state index contributed by atoms with van der Waals surface area (Å²) in [4.78, 5) is 11.1. The number of nitrogens with zero attached hydrogens (tertiary/aromatic N) is 3. The van der Waals surface area contributed by atoms with E-state index in [1.54, 1.807) is 7.11 Å². The van der Waals surface area contributed by atoms with Crippen molar-refractivity contribution in [1.29, 1.82) is 0 Å². The van der Waals surface area contributed by atoms with Crippen LogP contribution in [0, 0.1) is 0 Å². The van der Waals surface area contributed by atoms with Gasteiger partial charge in [-0.3, -0.25) is 9.36 Å². The maximum Gasteiger partial charge on any atom is 0.313 e. The van der Waals surface area contributed by atoms with Gasteiger partial charge in [-0.2, -0.15) is 0 Å². The third-order valence-corrected chi connectivity index (χ3v) is 5.49. The topological polar surface area (TPSA) is 77.2 Å². The lowest BCUT2D eigenvalue weighted by Crippen LogP contribution is -2.07. The number of para-hydroxylation sites is 2. The highest BCUT2D eigenvalue weighted by atomic mass is 32.2. The summed E-state index contributed by atoms with van der Waals surface area (Å²) < 4.78 is 7.41. The molecule has 4 rings (SSSR count). The molecule has 146 valence electrons. The summed E-state index contributed by atoms with van der Waals surface area (Å²) in [5.74, 6) is 0.393. The Morgan fingerprint density at radius 2 is 1.79 bits per heavy atom. The molecular formula is C22H19N3O3S. The van der Waals surface area contributed by atoms with Crippen LogP contribution in [0.25, 0.3) is 16.5 Å². The molecular weight excluding hydrogens is 386 g/mol. The lowest BCUT2D eigenvalue weighted by molar-refractivity contribution is -0.133. The van der Waals surface area contributed by atoms with Gasteiger partial charge in [0.25, 0.3) is 0 Å². The van der Waals surface area contributed by atoms with E-state index < -0.39 is 5.97 Å². The van der Waals surface area contributed by atoms with Gasteiger partial charge in [0, 0.05) is 6.42 Å². The number of methoxy groups -OCH3 is 1. The Bertz CT molecular complexity index is 1170. The fourth-order valence-electron chi connectivity index (χ4n) is 3.31. The summed E-state index contributed by atoms with van der Waals surface area (Å²) in [6.45, 7) is 0. The van der Waals surface area contributed by atoms with Crippen molar-refractivity contribution < 1.29 is 14.6 Å². The van der Waals surface area contributed by atoms with E-state index in [0.717, 1.165) is 39.6 Å². The van der Waals surface area contributed by atoms with Gasteiger partial charge in [0.05, 0.1) is 18.6 Å². The van der Waals surface area contributed by atoms with E-state index in [1.807, 2.05) is 47.0 Å². The van der Waals surface area contributed by atoms with Gasteiger partial charge in [-0.05, 0) is 28.5 Å². The van der Waals surface area contributed by atoms with Gasteiger partial charge < -0.3 is 9.84 Å². The van der Waals surface area contributed by atoms with Crippen molar-refractivity contribution in [3.05, 3.63) is 78.1 Å². The average Bonchev–Trinajstić information content (AvgIpc) is 3.14. The van der Waals surface area contributed by atoms with Crippen molar-refractivity contribution in [2.45, 2.75) is 11.6 Å². The largest absolute Gasteiger partial charge is 0.495 e. The second-order valence-corrected chi connectivity index (χ2v) is 7.35. The van der Waals surface area contributed by atoms with Gasteiger partial charge in [0.15, 0.2) is 5.16 Å². The molecule has 0 radical (unpaired) electrons. The molecule has 0 aliphatic rings. The van der Waals surface area contributed by atoms with Gasteiger partial charge in [-0.25, -0.2) is 0 Å². The third-order valence-electron chi connectivity index (χ3n) is 4.58. The summed E-state index contributed by atoms with van der Waals surface area (Å²) in [7, 11) is 1.61. The average molecular weight is 405 g/mol. The van der Waals surface area contributed by atoms with Crippen molar-refractivity contribution >= 4 is 28.5 Å². The Morgan fingerprint density at radius 3 is 2.62 bits per heavy atom. The molecule has 0 aliphatic carbocycles. The molecule has 7 heteroatoms. The molecule has 0 spiro atoms. The van der Waals surface area contributed by atoms with Crippen LogP contribution in [0.5, 0.6) is 5.75 Å². The van der Waals surface area contributed by atoms with E-state index in [4.69, 9.17) is 9.84 Å². The van der Waals surface area contributed by atoms with Crippen molar-refractivity contribution in [1.82, 2.24) is 14.8 Å². The van der Waals surface area contributed by atoms with Crippen LogP contribution in [0.4, 0.5) is 0 Å². The number of aliphatic carboxylic acids is 1. The minimum absolute atomic E-state index is 0.0957. The highest BCUT2D eigenvalue weighted by molar-refractivity contribution is 7.99. The maximum atomic E-state index is 11.1. The van der Waals surface area contributed by atoms with Crippen LogP contribution in [-0.2, 0) is 11.2 Å². The third kappa shape index (κ3) is 3.95. The number of benzene rings is 3. The number of carboxylic acid groups (broad SMARTS) is 1. The van der Waals surface area contributed by atoms with Crippen molar-refractivity contribution in [2.24, 2.45) is 0 Å². The zero-order valence-electron chi connectivity index (χ0n) is 15.8. The molecule has 1 N–H and O–H groups in total. The highest BCUT2D eigenvalue weighted by Crippen LogP contribution is 2.30. The van der Waals surface area contributed by atoms with Crippen LogP contribution in [0.15, 0.2) is 71.9 Å². The predicted molar refractivity (Wildman–Crippen MR) is 113 cm³/mol. The normalized spacial score (nSPS) is 10.9. The van der Waals surface area contributed by atoms with E-state index in [-0.39, 0.29) is 5.75 Å². The van der Waals surface area contributed by atoms with Crippen LogP contribution in [0.1, 0.15) is 11.4 Å². The van der Waals surface area contributed by atoms with E-state index in [0.29, 0.717) is 17.3 Å². The summed E-state index contributed by atoms with van der Waals surface area (Å²) in [6, 6.07) is 22.0. The second-order valence-electron chi connectivity index (χ2n) is 6.40. The molecule has 0 saturated carbocycles. The van der Waals surface area contributed by atoms with Crippen molar-refractivity contribution in [2.75, 3.05) is 12.9 Å². The fraction of sp³-hybridized carbons (Fsp3) is 0.136. The van der Waals surface area contributed by atoms with Crippen molar-refractivity contribution in [3.63, 3.8) is 0 Å². The number of thioether (sulfide) groups is 1. The molecule has 1 heterocycles. The number of carboxylic acids is 1. The Morgan fingerprint density at radius 1 is 1.03 bits per heavy atom. The molecule has 29 heavy (non-hydrogen) atoms. The molecule has 0 unspecified atom stereocenters. The lowest BCUT2D eigenvalue weighted by Gasteiger charge is -2.14. The minimum Gasteiger partial charge on any atom is -0.495 e. The highest BCUT2D eigenvalue weighted by Gasteiger charge is 2.19. The molecule has 0 aliphatic heterocycles.